The third kappa shape index (κ3) is 7.43. The van der Waals surface area contributed by atoms with Crippen LogP contribution >= 0.6 is 0 Å². The Morgan fingerprint density at radius 2 is 1.68 bits per heavy atom. The summed E-state index contributed by atoms with van der Waals surface area (Å²) in [6, 6.07) is 16.9. The number of primary amides is 1. The molecule has 0 radical (unpaired) electrons. The van der Waals surface area contributed by atoms with E-state index in [2.05, 4.69) is 6.92 Å². The molecule has 0 saturated heterocycles. The SMILES string of the molecule is CCCCCCOc1ccc(C(=O)N(CCC(N)=O)Cc2ccccc2)cc1. The molecule has 2 aromatic rings. The lowest BCUT2D eigenvalue weighted by Crippen LogP contribution is -2.33. The lowest BCUT2D eigenvalue weighted by Gasteiger charge is -2.22. The van der Waals surface area contributed by atoms with E-state index in [4.69, 9.17) is 10.5 Å². The fourth-order valence-electron chi connectivity index (χ4n) is 2.90. The number of ether oxygens (including phenoxy) is 1. The number of unbranched alkanes of at least 4 members (excludes halogenated alkanes) is 3. The number of hydrogen-bond acceptors (Lipinski definition) is 3. The van der Waals surface area contributed by atoms with E-state index in [9.17, 15) is 9.59 Å². The molecule has 0 unspecified atom stereocenters. The highest BCUT2D eigenvalue weighted by molar-refractivity contribution is 5.94. The summed E-state index contributed by atoms with van der Waals surface area (Å²) in [5.74, 6) is 0.220. The first-order valence-corrected chi connectivity index (χ1v) is 9.94. The molecule has 0 atom stereocenters. The Balaban J connectivity index is 1.98. The maximum absolute atomic E-state index is 12.9. The largest absolute Gasteiger partial charge is 0.494 e. The Kier molecular flexibility index (Phi) is 9.05. The minimum absolute atomic E-state index is 0.125. The second-order valence-electron chi connectivity index (χ2n) is 6.86. The third-order valence-corrected chi connectivity index (χ3v) is 4.50. The summed E-state index contributed by atoms with van der Waals surface area (Å²) in [4.78, 5) is 25.8. The molecule has 2 rings (SSSR count). The number of hydrogen-bond donors (Lipinski definition) is 1. The summed E-state index contributed by atoms with van der Waals surface area (Å²) in [6.45, 7) is 3.59. The van der Waals surface area contributed by atoms with Crippen LogP contribution in [0.3, 0.4) is 0 Å². The van der Waals surface area contributed by atoms with Gasteiger partial charge in [-0.2, -0.15) is 0 Å². The summed E-state index contributed by atoms with van der Waals surface area (Å²) in [7, 11) is 0. The highest BCUT2D eigenvalue weighted by atomic mass is 16.5. The van der Waals surface area contributed by atoms with Gasteiger partial charge in [0, 0.05) is 25.1 Å². The first-order valence-electron chi connectivity index (χ1n) is 9.94. The van der Waals surface area contributed by atoms with Crippen LogP contribution in [0, 0.1) is 0 Å². The number of carbonyl (C=O) groups is 2. The van der Waals surface area contributed by atoms with E-state index in [0.717, 1.165) is 17.7 Å². The standard InChI is InChI=1S/C23H30N2O3/c1-2-3-4-8-17-28-21-13-11-20(12-14-21)23(27)25(16-15-22(24)26)18-19-9-6-5-7-10-19/h5-7,9-14H,2-4,8,15-18H2,1H3,(H2,24,26). The smallest absolute Gasteiger partial charge is 0.254 e. The number of benzene rings is 2. The van der Waals surface area contributed by atoms with Crippen molar-refractivity contribution in [3.8, 4) is 5.75 Å². The van der Waals surface area contributed by atoms with Crippen LogP contribution in [-0.2, 0) is 11.3 Å². The van der Waals surface area contributed by atoms with Gasteiger partial charge in [-0.05, 0) is 36.2 Å². The van der Waals surface area contributed by atoms with Gasteiger partial charge < -0.3 is 15.4 Å². The molecule has 5 nitrogen and oxygen atoms in total. The van der Waals surface area contributed by atoms with E-state index in [1.807, 2.05) is 42.5 Å². The Labute approximate surface area is 167 Å². The second-order valence-corrected chi connectivity index (χ2v) is 6.86. The molecule has 0 aliphatic heterocycles. The van der Waals surface area contributed by atoms with Crippen LogP contribution in [0.2, 0.25) is 0 Å². The minimum Gasteiger partial charge on any atom is -0.494 e. The van der Waals surface area contributed by atoms with Crippen molar-refractivity contribution in [3.63, 3.8) is 0 Å². The second kappa shape index (κ2) is 11.8. The molecule has 150 valence electrons. The molecule has 28 heavy (non-hydrogen) atoms. The van der Waals surface area contributed by atoms with Gasteiger partial charge in [0.1, 0.15) is 5.75 Å². The zero-order valence-corrected chi connectivity index (χ0v) is 16.6. The van der Waals surface area contributed by atoms with E-state index < -0.39 is 5.91 Å². The maximum atomic E-state index is 12.9. The molecule has 0 spiro atoms. The zero-order chi connectivity index (χ0) is 20.2. The van der Waals surface area contributed by atoms with Crippen molar-refractivity contribution in [1.29, 1.82) is 0 Å². The van der Waals surface area contributed by atoms with E-state index in [1.165, 1.54) is 19.3 Å². The number of amides is 2. The molecule has 0 aliphatic rings. The van der Waals surface area contributed by atoms with Gasteiger partial charge >= 0.3 is 0 Å². The molecule has 0 bridgehead atoms. The number of rotatable bonds is 12. The first-order chi connectivity index (χ1) is 13.6. The molecule has 0 aromatic heterocycles. The van der Waals surface area contributed by atoms with Gasteiger partial charge in [-0.3, -0.25) is 9.59 Å². The van der Waals surface area contributed by atoms with Crippen LogP contribution < -0.4 is 10.5 Å². The first kappa shape index (κ1) is 21.5. The topological polar surface area (TPSA) is 72.6 Å². The Morgan fingerprint density at radius 3 is 2.32 bits per heavy atom. The fourth-order valence-corrected chi connectivity index (χ4v) is 2.90. The number of nitrogens with two attached hydrogens (primary N) is 1. The molecule has 0 fully saturated rings. The van der Waals surface area contributed by atoms with Crippen molar-refractivity contribution < 1.29 is 14.3 Å². The molecule has 5 heteroatoms. The Morgan fingerprint density at radius 1 is 0.964 bits per heavy atom. The lowest BCUT2D eigenvalue weighted by atomic mass is 10.1. The molecule has 2 amide bonds. The quantitative estimate of drug-likeness (QED) is 0.560. The van der Waals surface area contributed by atoms with Crippen LogP contribution in [0.1, 0.15) is 54.9 Å². The van der Waals surface area contributed by atoms with Gasteiger partial charge in [0.2, 0.25) is 5.91 Å². The molecule has 2 aromatic carbocycles. The van der Waals surface area contributed by atoms with Gasteiger partial charge in [0.05, 0.1) is 6.61 Å². The molecule has 0 saturated carbocycles. The summed E-state index contributed by atoms with van der Waals surface area (Å²) >= 11 is 0. The van der Waals surface area contributed by atoms with Crippen LogP contribution in [-0.4, -0.2) is 29.9 Å². The monoisotopic (exact) mass is 382 g/mol. The van der Waals surface area contributed by atoms with Crippen LogP contribution in [0.5, 0.6) is 5.75 Å². The van der Waals surface area contributed by atoms with Crippen molar-refractivity contribution in [3.05, 3.63) is 65.7 Å². The predicted octanol–water partition coefficient (Wildman–Crippen LogP) is 4.16. The van der Waals surface area contributed by atoms with E-state index in [1.54, 1.807) is 17.0 Å². The molecule has 0 heterocycles. The lowest BCUT2D eigenvalue weighted by molar-refractivity contribution is -0.118. The van der Waals surface area contributed by atoms with E-state index >= 15 is 0 Å². The Bertz CT molecular complexity index is 729. The summed E-state index contributed by atoms with van der Waals surface area (Å²) in [5, 5.41) is 0. The summed E-state index contributed by atoms with van der Waals surface area (Å²) in [5.41, 5.74) is 6.85. The van der Waals surface area contributed by atoms with Crippen molar-refractivity contribution in [1.82, 2.24) is 4.90 Å². The van der Waals surface area contributed by atoms with Gasteiger partial charge in [0.15, 0.2) is 0 Å². The summed E-state index contributed by atoms with van der Waals surface area (Å²) in [6.07, 6.45) is 4.76. The van der Waals surface area contributed by atoms with E-state index in [-0.39, 0.29) is 12.3 Å². The normalized spacial score (nSPS) is 10.5. The van der Waals surface area contributed by atoms with Gasteiger partial charge in [-0.25, -0.2) is 0 Å². The number of carbonyl (C=O) groups excluding carboxylic acids is 2. The van der Waals surface area contributed by atoms with Gasteiger partial charge in [0.25, 0.3) is 5.91 Å². The van der Waals surface area contributed by atoms with E-state index in [0.29, 0.717) is 25.3 Å². The summed E-state index contributed by atoms with van der Waals surface area (Å²) < 4.78 is 5.74. The van der Waals surface area contributed by atoms with Gasteiger partial charge in [-0.1, -0.05) is 56.5 Å². The molecule has 2 N–H and O–H groups in total. The van der Waals surface area contributed by atoms with Gasteiger partial charge in [-0.15, -0.1) is 0 Å². The van der Waals surface area contributed by atoms with Crippen molar-refractivity contribution >= 4 is 11.8 Å². The maximum Gasteiger partial charge on any atom is 0.254 e. The fraction of sp³-hybridized carbons (Fsp3) is 0.391. The van der Waals surface area contributed by atoms with Crippen LogP contribution in [0.4, 0.5) is 0 Å². The molecular formula is C23H30N2O3. The van der Waals surface area contributed by atoms with Crippen LogP contribution in [0.15, 0.2) is 54.6 Å². The molecule has 0 aliphatic carbocycles. The average molecular weight is 383 g/mol. The zero-order valence-electron chi connectivity index (χ0n) is 16.6. The van der Waals surface area contributed by atoms with Crippen LogP contribution in [0.25, 0.3) is 0 Å². The third-order valence-electron chi connectivity index (χ3n) is 4.50. The Hall–Kier alpha value is -2.82. The molecular weight excluding hydrogens is 352 g/mol. The minimum atomic E-state index is -0.419. The van der Waals surface area contributed by atoms with Crippen molar-refractivity contribution in [2.75, 3.05) is 13.2 Å². The van der Waals surface area contributed by atoms with Crippen molar-refractivity contribution in [2.45, 2.75) is 45.6 Å². The highest BCUT2D eigenvalue weighted by Gasteiger charge is 2.17. The predicted molar refractivity (Wildman–Crippen MR) is 111 cm³/mol. The average Bonchev–Trinajstić information content (AvgIpc) is 2.71. The highest BCUT2D eigenvalue weighted by Crippen LogP contribution is 2.16. The van der Waals surface area contributed by atoms with Crippen molar-refractivity contribution in [2.24, 2.45) is 5.73 Å². The number of nitrogens with zero attached hydrogens (tertiary/aromatic N) is 1.